The van der Waals surface area contributed by atoms with E-state index in [1.165, 1.54) is 29.7 Å². The predicted octanol–water partition coefficient (Wildman–Crippen LogP) is 6.32. The summed E-state index contributed by atoms with van der Waals surface area (Å²) in [6.07, 6.45) is 0.886. The van der Waals surface area contributed by atoms with Gasteiger partial charge in [-0.25, -0.2) is 9.37 Å². The zero-order valence-electron chi connectivity index (χ0n) is 16.4. The second-order valence-corrected chi connectivity index (χ2v) is 8.19. The first kappa shape index (κ1) is 21.6. The first-order chi connectivity index (χ1) is 14.8. The molecule has 0 aliphatic rings. The van der Waals surface area contributed by atoms with E-state index in [0.29, 0.717) is 43.3 Å². The third-order valence-electron chi connectivity index (χ3n) is 4.35. The Morgan fingerprint density at radius 3 is 2.68 bits per heavy atom. The Kier molecular flexibility index (Phi) is 6.17. The molecule has 0 radical (unpaired) electrons. The van der Waals surface area contributed by atoms with Gasteiger partial charge in [-0.1, -0.05) is 11.6 Å². The van der Waals surface area contributed by atoms with Crippen LogP contribution in [0, 0.1) is 5.82 Å². The molecule has 0 N–H and O–H groups in total. The zero-order valence-corrected chi connectivity index (χ0v) is 17.9. The summed E-state index contributed by atoms with van der Waals surface area (Å²) in [6, 6.07) is 7.60. The highest BCUT2D eigenvalue weighted by molar-refractivity contribution is 7.21. The molecule has 4 rings (SSSR count). The fourth-order valence-corrected chi connectivity index (χ4v) is 4.36. The van der Waals surface area contributed by atoms with Crippen LogP contribution in [-0.2, 0) is 4.74 Å². The van der Waals surface area contributed by atoms with Crippen molar-refractivity contribution in [2.24, 2.45) is 0 Å². The van der Waals surface area contributed by atoms with E-state index in [2.05, 4.69) is 14.7 Å². The second kappa shape index (κ2) is 8.86. The third kappa shape index (κ3) is 4.68. The highest BCUT2D eigenvalue weighted by Gasteiger charge is 2.17. The van der Waals surface area contributed by atoms with Gasteiger partial charge in [0, 0.05) is 35.2 Å². The van der Waals surface area contributed by atoms with Gasteiger partial charge in [-0.05, 0) is 25.1 Å². The van der Waals surface area contributed by atoms with Gasteiger partial charge in [0.15, 0.2) is 11.6 Å². The monoisotopic (exact) mass is 468 g/mol. The van der Waals surface area contributed by atoms with Gasteiger partial charge in [0.2, 0.25) is 0 Å². The molecular weight excluding hydrogens is 453 g/mol. The van der Waals surface area contributed by atoms with E-state index in [-0.39, 0.29) is 17.6 Å². The van der Waals surface area contributed by atoms with Crippen molar-refractivity contribution in [1.29, 1.82) is 0 Å². The summed E-state index contributed by atoms with van der Waals surface area (Å²) in [7, 11) is 1.54. The number of fused-ring (bicyclic) bond motifs is 2. The van der Waals surface area contributed by atoms with Gasteiger partial charge in [0.05, 0.1) is 28.5 Å². The molecule has 0 saturated carbocycles. The molecule has 0 saturated heterocycles. The SMILES string of the molecule is COCC(C)Oc1cc2sc(-c3cc(Cl)cc4cc(OC(F)F)cnc34)nc2cc1F. The largest absolute Gasteiger partial charge is 0.485 e. The van der Waals surface area contributed by atoms with Crippen LogP contribution in [0.4, 0.5) is 13.2 Å². The van der Waals surface area contributed by atoms with Crippen molar-refractivity contribution < 1.29 is 27.4 Å². The van der Waals surface area contributed by atoms with Crippen LogP contribution in [0.5, 0.6) is 11.5 Å². The van der Waals surface area contributed by atoms with Crippen molar-refractivity contribution in [3.63, 3.8) is 0 Å². The Morgan fingerprint density at radius 2 is 1.94 bits per heavy atom. The molecule has 31 heavy (non-hydrogen) atoms. The number of hydrogen-bond donors (Lipinski definition) is 0. The average molecular weight is 469 g/mol. The van der Waals surface area contributed by atoms with Crippen LogP contribution in [-0.4, -0.2) is 36.4 Å². The first-order valence-corrected chi connectivity index (χ1v) is 10.3. The van der Waals surface area contributed by atoms with Crippen LogP contribution in [0.3, 0.4) is 0 Å². The Labute approximate surface area is 184 Å². The number of methoxy groups -OCH3 is 1. The van der Waals surface area contributed by atoms with Gasteiger partial charge in [0.25, 0.3) is 0 Å². The van der Waals surface area contributed by atoms with Crippen molar-refractivity contribution in [3.05, 3.63) is 47.4 Å². The lowest BCUT2D eigenvalue weighted by Gasteiger charge is -2.14. The quantitative estimate of drug-likeness (QED) is 0.318. The number of rotatable bonds is 7. The molecular formula is C21H16ClF3N2O3S. The normalized spacial score (nSPS) is 12.6. The smallest absolute Gasteiger partial charge is 0.387 e. The lowest BCUT2D eigenvalue weighted by atomic mass is 10.1. The van der Waals surface area contributed by atoms with E-state index in [0.717, 1.165) is 0 Å². The summed E-state index contributed by atoms with van der Waals surface area (Å²) in [5.74, 6) is -0.501. The van der Waals surface area contributed by atoms with Crippen LogP contribution < -0.4 is 9.47 Å². The number of alkyl halides is 2. The molecule has 0 aliphatic carbocycles. The van der Waals surface area contributed by atoms with Gasteiger partial charge in [0.1, 0.15) is 16.9 Å². The number of pyridine rings is 1. The Bertz CT molecular complexity index is 1250. The van der Waals surface area contributed by atoms with Crippen molar-refractivity contribution >= 4 is 44.1 Å². The first-order valence-electron chi connectivity index (χ1n) is 9.14. The summed E-state index contributed by atoms with van der Waals surface area (Å²) in [5.41, 5.74) is 1.56. The molecule has 0 bridgehead atoms. The van der Waals surface area contributed by atoms with E-state index in [4.69, 9.17) is 21.1 Å². The van der Waals surface area contributed by atoms with Gasteiger partial charge in [-0.2, -0.15) is 8.78 Å². The lowest BCUT2D eigenvalue weighted by molar-refractivity contribution is -0.0499. The van der Waals surface area contributed by atoms with Gasteiger partial charge < -0.3 is 14.2 Å². The number of aromatic nitrogens is 2. The fraction of sp³-hybridized carbons (Fsp3) is 0.238. The number of thiazole rings is 1. The Balaban J connectivity index is 1.77. The fourth-order valence-electron chi connectivity index (χ4n) is 3.14. The van der Waals surface area contributed by atoms with Crippen molar-refractivity contribution in [3.8, 4) is 22.1 Å². The molecule has 2 aromatic carbocycles. The topological polar surface area (TPSA) is 53.5 Å². The molecule has 162 valence electrons. The molecule has 0 aliphatic heterocycles. The van der Waals surface area contributed by atoms with Gasteiger partial charge in [-0.3, -0.25) is 4.98 Å². The van der Waals surface area contributed by atoms with Crippen LogP contribution in [0.2, 0.25) is 5.02 Å². The summed E-state index contributed by atoms with van der Waals surface area (Å²) in [6.45, 7) is -0.857. The van der Waals surface area contributed by atoms with Crippen LogP contribution >= 0.6 is 22.9 Å². The summed E-state index contributed by atoms with van der Waals surface area (Å²) >= 11 is 7.55. The zero-order chi connectivity index (χ0) is 22.1. The summed E-state index contributed by atoms with van der Waals surface area (Å²) in [4.78, 5) is 8.76. The highest BCUT2D eigenvalue weighted by atomic mass is 35.5. The molecule has 0 fully saturated rings. The second-order valence-electron chi connectivity index (χ2n) is 6.73. The number of halogens is 4. The van der Waals surface area contributed by atoms with Crippen LogP contribution in [0.15, 0.2) is 36.5 Å². The molecule has 0 amide bonds. The maximum atomic E-state index is 14.5. The van der Waals surface area contributed by atoms with E-state index in [9.17, 15) is 13.2 Å². The van der Waals surface area contributed by atoms with Crippen LogP contribution in [0.25, 0.3) is 31.7 Å². The number of ether oxygens (including phenoxy) is 3. The Hall–Kier alpha value is -2.62. The van der Waals surface area contributed by atoms with Crippen LogP contribution in [0.1, 0.15) is 6.92 Å². The summed E-state index contributed by atoms with van der Waals surface area (Å²) in [5, 5.41) is 1.45. The number of nitrogens with zero attached hydrogens (tertiary/aromatic N) is 2. The molecule has 0 spiro atoms. The molecule has 4 aromatic rings. The van der Waals surface area contributed by atoms with Crippen molar-refractivity contribution in [2.75, 3.05) is 13.7 Å². The van der Waals surface area contributed by atoms with E-state index < -0.39 is 12.4 Å². The molecule has 2 aromatic heterocycles. The van der Waals surface area contributed by atoms with Gasteiger partial charge in [-0.15, -0.1) is 11.3 Å². The lowest BCUT2D eigenvalue weighted by Crippen LogP contribution is -2.18. The molecule has 5 nitrogen and oxygen atoms in total. The van der Waals surface area contributed by atoms with E-state index >= 15 is 0 Å². The standard InChI is InChI=1S/C21H16ClF3N2O3S/c1-10(9-28-2)29-17-7-18-16(6-15(17)23)27-20(31-18)14-5-12(22)3-11-4-13(30-21(24)25)8-26-19(11)14/h3-8,10,21H,9H2,1-2H3. The molecule has 2 heterocycles. The molecule has 1 unspecified atom stereocenters. The number of hydrogen-bond acceptors (Lipinski definition) is 6. The van der Waals surface area contributed by atoms with Crippen molar-refractivity contribution in [1.82, 2.24) is 9.97 Å². The summed E-state index contributed by atoms with van der Waals surface area (Å²) < 4.78 is 55.3. The molecule has 1 atom stereocenters. The maximum Gasteiger partial charge on any atom is 0.387 e. The minimum absolute atomic E-state index is 0.0749. The Morgan fingerprint density at radius 1 is 1.13 bits per heavy atom. The minimum atomic E-state index is -2.96. The van der Waals surface area contributed by atoms with Gasteiger partial charge >= 0.3 is 6.61 Å². The highest BCUT2D eigenvalue weighted by Crippen LogP contribution is 2.38. The van der Waals surface area contributed by atoms with Crippen molar-refractivity contribution in [2.45, 2.75) is 19.6 Å². The predicted molar refractivity (Wildman–Crippen MR) is 114 cm³/mol. The maximum absolute atomic E-state index is 14.5. The number of benzene rings is 2. The average Bonchev–Trinajstić information content (AvgIpc) is 3.09. The van der Waals surface area contributed by atoms with E-state index in [1.807, 2.05) is 0 Å². The van der Waals surface area contributed by atoms with E-state index in [1.54, 1.807) is 32.2 Å². The third-order valence-corrected chi connectivity index (χ3v) is 5.62. The molecule has 10 heteroatoms. The minimum Gasteiger partial charge on any atom is -0.485 e.